The van der Waals surface area contributed by atoms with Crippen molar-refractivity contribution in [3.8, 4) is 0 Å². The molecule has 64 valence electrons. The van der Waals surface area contributed by atoms with E-state index in [1.165, 1.54) is 0 Å². The number of halogens is 5. The molecule has 1 atom stereocenters. The number of hydrogen-bond acceptors (Lipinski definition) is 1. The standard InChI is InChI=1S/C3HF4IO2.Ca.2H/c4-2(8,1(9)10)3(5,6)7;;;/h(H,9,10);;;/q;+2;2*-1. The molecule has 0 rings (SSSR count). The predicted octanol–water partition coefficient (Wildman–Crippen LogP) is 1.58. The second kappa shape index (κ2) is 4.43. The first-order valence-electron chi connectivity index (χ1n) is 1.87. The summed E-state index contributed by atoms with van der Waals surface area (Å²) < 4.78 is 41.8. The van der Waals surface area contributed by atoms with Crippen molar-refractivity contribution < 1.29 is 30.3 Å². The Morgan fingerprint density at radius 2 is 1.64 bits per heavy atom. The molecule has 0 fully saturated rings. The first kappa shape index (κ1) is 14.7. The molecule has 11 heavy (non-hydrogen) atoms. The summed E-state index contributed by atoms with van der Waals surface area (Å²) in [4.78, 5) is 9.57. The van der Waals surface area contributed by atoms with Gasteiger partial charge in [0.25, 0.3) is 0 Å². The Balaban J connectivity index is -0.000000135. The topological polar surface area (TPSA) is 37.3 Å². The molecule has 0 amide bonds. The van der Waals surface area contributed by atoms with Gasteiger partial charge in [0.15, 0.2) is 0 Å². The number of carboxylic acids is 1. The van der Waals surface area contributed by atoms with E-state index in [1.807, 2.05) is 0 Å². The van der Waals surface area contributed by atoms with Crippen LogP contribution in [0.2, 0.25) is 0 Å². The van der Waals surface area contributed by atoms with Crippen molar-refractivity contribution >= 4 is 66.3 Å². The van der Waals surface area contributed by atoms with E-state index in [4.69, 9.17) is 5.11 Å². The number of carbonyl (C=O) groups is 1. The van der Waals surface area contributed by atoms with Gasteiger partial charge in [-0.25, -0.2) is 9.18 Å². The van der Waals surface area contributed by atoms with Gasteiger partial charge in [0.05, 0.1) is 0 Å². The fourth-order valence-electron chi connectivity index (χ4n) is 0.121. The summed E-state index contributed by atoms with van der Waals surface area (Å²) in [7, 11) is 0. The summed E-state index contributed by atoms with van der Waals surface area (Å²) in [5.41, 5.74) is 0. The zero-order valence-corrected chi connectivity index (χ0v) is 9.32. The van der Waals surface area contributed by atoms with Gasteiger partial charge in [-0.05, 0) is 22.6 Å². The monoisotopic (exact) mass is 314 g/mol. The van der Waals surface area contributed by atoms with E-state index in [-0.39, 0.29) is 63.2 Å². The first-order valence-corrected chi connectivity index (χ1v) is 2.95. The number of hydrogen-bond donors (Lipinski definition) is 1. The molecular weight excluding hydrogens is 311 g/mol. The Kier molecular flexibility index (Phi) is 5.91. The van der Waals surface area contributed by atoms with Crippen LogP contribution in [0.4, 0.5) is 17.6 Å². The van der Waals surface area contributed by atoms with Gasteiger partial charge in [-0.15, -0.1) is 0 Å². The maximum Gasteiger partial charge on any atom is 2.00 e. The van der Waals surface area contributed by atoms with Crippen molar-refractivity contribution in [3.05, 3.63) is 0 Å². The van der Waals surface area contributed by atoms with E-state index in [2.05, 4.69) is 0 Å². The SMILES string of the molecule is O=C(O)C(F)(I)C(F)(F)F.[Ca+2].[H-].[H-]. The van der Waals surface area contributed by atoms with Crippen molar-refractivity contribution in [3.63, 3.8) is 0 Å². The average molecular weight is 314 g/mol. The summed E-state index contributed by atoms with van der Waals surface area (Å²) >= 11 is 0.181. The Morgan fingerprint density at radius 3 is 1.64 bits per heavy atom. The van der Waals surface area contributed by atoms with Crippen molar-refractivity contribution in [2.24, 2.45) is 0 Å². The molecule has 0 aromatic heterocycles. The molecule has 0 saturated heterocycles. The second-order valence-corrected chi connectivity index (χ2v) is 2.86. The number of aliphatic carboxylic acids is 1. The third-order valence-electron chi connectivity index (χ3n) is 0.625. The number of rotatable bonds is 1. The summed E-state index contributed by atoms with van der Waals surface area (Å²) in [6.45, 7) is 0. The normalized spacial score (nSPS) is 16.5. The third-order valence-corrected chi connectivity index (χ3v) is 1.70. The minimum absolute atomic E-state index is 0. The molecule has 0 aliphatic rings. The number of carboxylic acid groups (broad SMARTS) is 1. The van der Waals surface area contributed by atoms with Gasteiger partial charge in [-0.1, -0.05) is 0 Å². The Morgan fingerprint density at radius 1 is 1.36 bits per heavy atom. The molecule has 0 aliphatic heterocycles. The van der Waals surface area contributed by atoms with E-state index in [0.717, 1.165) is 0 Å². The van der Waals surface area contributed by atoms with E-state index in [0.29, 0.717) is 0 Å². The van der Waals surface area contributed by atoms with Gasteiger partial charge >= 0.3 is 53.6 Å². The van der Waals surface area contributed by atoms with Gasteiger partial charge in [0.1, 0.15) is 0 Å². The molecular formula is C3H3CaF4IO2. The van der Waals surface area contributed by atoms with Crippen molar-refractivity contribution in [2.75, 3.05) is 0 Å². The Labute approximate surface area is 105 Å². The molecule has 1 unspecified atom stereocenters. The van der Waals surface area contributed by atoms with Crippen LogP contribution in [-0.2, 0) is 4.79 Å². The third kappa shape index (κ3) is 3.60. The van der Waals surface area contributed by atoms with Crippen LogP contribution in [0, 0.1) is 0 Å². The fraction of sp³-hybridized carbons (Fsp3) is 0.667. The van der Waals surface area contributed by atoms with Gasteiger partial charge in [-0.2, -0.15) is 13.2 Å². The van der Waals surface area contributed by atoms with Crippen LogP contribution < -0.4 is 0 Å². The van der Waals surface area contributed by atoms with Crippen LogP contribution in [0.25, 0.3) is 0 Å². The minimum atomic E-state index is -5.36. The fourth-order valence-corrected chi connectivity index (χ4v) is 0.121. The Hall–Kier alpha value is 1.18. The zero-order valence-electron chi connectivity index (χ0n) is 6.95. The minimum Gasteiger partial charge on any atom is -1.00 e. The van der Waals surface area contributed by atoms with Crippen LogP contribution in [0.5, 0.6) is 0 Å². The molecule has 0 aromatic rings. The molecule has 0 heterocycles. The average Bonchev–Trinajstić information content (AvgIpc) is 1.62. The summed E-state index contributed by atoms with van der Waals surface area (Å²) in [6.07, 6.45) is -5.36. The second-order valence-electron chi connectivity index (χ2n) is 1.38. The molecule has 0 aliphatic carbocycles. The largest absolute Gasteiger partial charge is 2.00 e. The molecule has 0 aromatic carbocycles. The predicted molar refractivity (Wildman–Crippen MR) is 39.5 cm³/mol. The van der Waals surface area contributed by atoms with Crippen LogP contribution in [-0.4, -0.2) is 58.7 Å². The van der Waals surface area contributed by atoms with E-state index in [1.54, 1.807) is 0 Å². The molecule has 0 spiro atoms. The molecule has 2 nitrogen and oxygen atoms in total. The van der Waals surface area contributed by atoms with Gasteiger partial charge in [-0.3, -0.25) is 0 Å². The molecule has 8 heteroatoms. The van der Waals surface area contributed by atoms with Gasteiger partial charge in [0.2, 0.25) is 0 Å². The Bertz CT molecular complexity index is 164. The van der Waals surface area contributed by atoms with E-state index >= 15 is 0 Å². The van der Waals surface area contributed by atoms with E-state index < -0.39 is 15.8 Å². The van der Waals surface area contributed by atoms with Gasteiger partial charge < -0.3 is 7.96 Å². The van der Waals surface area contributed by atoms with Crippen LogP contribution in [0.1, 0.15) is 2.85 Å². The molecule has 0 radical (unpaired) electrons. The molecule has 0 saturated carbocycles. The quantitative estimate of drug-likeness (QED) is 0.345. The van der Waals surface area contributed by atoms with Gasteiger partial charge in [0, 0.05) is 0 Å². The smallest absolute Gasteiger partial charge is 1.00 e. The van der Waals surface area contributed by atoms with Crippen molar-refractivity contribution in [1.82, 2.24) is 0 Å². The maximum atomic E-state index is 12.0. The zero-order chi connectivity index (χ0) is 8.58. The summed E-state index contributed by atoms with van der Waals surface area (Å²) in [6, 6.07) is 0. The van der Waals surface area contributed by atoms with Crippen LogP contribution in [0.15, 0.2) is 0 Å². The summed E-state index contributed by atoms with van der Waals surface area (Å²) in [5, 5.41) is 7.67. The summed E-state index contributed by atoms with van der Waals surface area (Å²) in [5.74, 6) is -2.54. The van der Waals surface area contributed by atoms with Crippen molar-refractivity contribution in [2.45, 2.75) is 9.85 Å². The first-order chi connectivity index (χ1) is 4.19. The molecule has 1 N–H and O–H groups in total. The van der Waals surface area contributed by atoms with E-state index in [9.17, 15) is 22.4 Å². The van der Waals surface area contributed by atoms with Crippen LogP contribution in [0.3, 0.4) is 0 Å². The number of alkyl halides is 5. The maximum absolute atomic E-state index is 12.0. The molecule has 0 bridgehead atoms. The van der Waals surface area contributed by atoms with Crippen molar-refractivity contribution in [1.29, 1.82) is 0 Å². The van der Waals surface area contributed by atoms with Crippen LogP contribution >= 0.6 is 22.6 Å².